The van der Waals surface area contributed by atoms with Crippen LogP contribution in [0, 0.1) is 5.92 Å². The Morgan fingerprint density at radius 1 is 0.913 bits per heavy atom. The van der Waals surface area contributed by atoms with E-state index in [0.29, 0.717) is 5.92 Å². The lowest BCUT2D eigenvalue weighted by Gasteiger charge is -2.25. The van der Waals surface area contributed by atoms with Gasteiger partial charge in [-0.15, -0.1) is 0 Å². The molecule has 0 aliphatic heterocycles. The Morgan fingerprint density at radius 3 is 2.04 bits per heavy atom. The maximum absolute atomic E-state index is 12.4. The van der Waals surface area contributed by atoms with Crippen LogP contribution in [0.15, 0.2) is 60.7 Å². The van der Waals surface area contributed by atoms with Crippen LogP contribution < -0.4 is 10.6 Å². The number of hydrogen-bond donors (Lipinski definition) is 2. The largest absolute Gasteiger partial charge is 0.325 e. The summed E-state index contributed by atoms with van der Waals surface area (Å²) in [5, 5.41) is 6.42. The molecular weight excluding hydrogens is 284 g/mol. The number of hydrogen-bond acceptors (Lipinski definition) is 2. The van der Waals surface area contributed by atoms with Gasteiger partial charge in [-0.25, -0.2) is 0 Å². The standard InChI is InChI=1S/C20H26N2O/c1-15(2)14-19(17-10-6-4-7-11-17)21-16(3)20(23)22-18-12-8-5-9-13-18/h4-13,15-16,19,21H,14H2,1-3H3,(H,22,23)/t16-,19+/m0/s1. The Hall–Kier alpha value is -2.13. The normalized spacial score (nSPS) is 13.6. The molecule has 0 radical (unpaired) electrons. The summed E-state index contributed by atoms with van der Waals surface area (Å²) in [4.78, 5) is 12.4. The number of carbonyl (C=O) groups is 1. The van der Waals surface area contributed by atoms with E-state index in [1.54, 1.807) is 0 Å². The molecule has 2 N–H and O–H groups in total. The van der Waals surface area contributed by atoms with Crippen LogP contribution in [0.1, 0.15) is 38.8 Å². The molecule has 2 aromatic carbocycles. The van der Waals surface area contributed by atoms with E-state index in [0.717, 1.165) is 12.1 Å². The molecule has 122 valence electrons. The molecule has 1 amide bonds. The first-order valence-electron chi connectivity index (χ1n) is 8.23. The Labute approximate surface area is 139 Å². The van der Waals surface area contributed by atoms with Gasteiger partial charge < -0.3 is 5.32 Å². The zero-order valence-electron chi connectivity index (χ0n) is 14.1. The minimum atomic E-state index is -0.265. The summed E-state index contributed by atoms with van der Waals surface area (Å²) in [6.45, 7) is 6.31. The fourth-order valence-corrected chi connectivity index (χ4v) is 2.61. The summed E-state index contributed by atoms with van der Waals surface area (Å²) in [5.41, 5.74) is 2.05. The molecule has 0 bridgehead atoms. The molecule has 23 heavy (non-hydrogen) atoms. The minimum Gasteiger partial charge on any atom is -0.325 e. The molecule has 0 unspecified atom stereocenters. The van der Waals surface area contributed by atoms with Crippen LogP contribution in [-0.4, -0.2) is 11.9 Å². The van der Waals surface area contributed by atoms with Crippen molar-refractivity contribution in [3.8, 4) is 0 Å². The van der Waals surface area contributed by atoms with E-state index in [1.807, 2.05) is 55.5 Å². The third kappa shape index (κ3) is 5.53. The van der Waals surface area contributed by atoms with Gasteiger partial charge in [0.15, 0.2) is 0 Å². The average Bonchev–Trinajstić information content (AvgIpc) is 2.55. The van der Waals surface area contributed by atoms with Crippen molar-refractivity contribution in [3.63, 3.8) is 0 Å². The summed E-state index contributed by atoms with van der Waals surface area (Å²) in [6, 6.07) is 19.8. The number of benzene rings is 2. The van der Waals surface area contributed by atoms with Crippen molar-refractivity contribution in [2.24, 2.45) is 5.92 Å². The second-order valence-electron chi connectivity index (χ2n) is 6.34. The first-order chi connectivity index (χ1) is 11.1. The molecule has 2 aromatic rings. The maximum atomic E-state index is 12.4. The molecule has 3 nitrogen and oxygen atoms in total. The lowest BCUT2D eigenvalue weighted by atomic mass is 9.96. The zero-order valence-corrected chi connectivity index (χ0v) is 14.1. The lowest BCUT2D eigenvalue weighted by Crippen LogP contribution is -2.40. The van der Waals surface area contributed by atoms with Crippen LogP contribution in [0.4, 0.5) is 5.69 Å². The van der Waals surface area contributed by atoms with Crippen molar-refractivity contribution in [1.29, 1.82) is 0 Å². The molecule has 0 aliphatic carbocycles. The second-order valence-corrected chi connectivity index (χ2v) is 6.34. The topological polar surface area (TPSA) is 41.1 Å². The highest BCUT2D eigenvalue weighted by molar-refractivity contribution is 5.94. The number of nitrogens with one attached hydrogen (secondary N) is 2. The number of amides is 1. The first-order valence-corrected chi connectivity index (χ1v) is 8.23. The van der Waals surface area contributed by atoms with E-state index in [9.17, 15) is 4.79 Å². The van der Waals surface area contributed by atoms with Crippen LogP contribution in [0.3, 0.4) is 0 Å². The highest BCUT2D eigenvalue weighted by Crippen LogP contribution is 2.22. The Balaban J connectivity index is 2.02. The lowest BCUT2D eigenvalue weighted by molar-refractivity contribution is -0.118. The SMILES string of the molecule is CC(C)C[C@@H](N[C@@H](C)C(=O)Nc1ccccc1)c1ccccc1. The Bertz CT molecular complexity index is 596. The minimum absolute atomic E-state index is 0.0131. The van der Waals surface area contributed by atoms with E-state index < -0.39 is 0 Å². The van der Waals surface area contributed by atoms with E-state index >= 15 is 0 Å². The molecule has 0 heterocycles. The molecule has 0 spiro atoms. The van der Waals surface area contributed by atoms with E-state index in [-0.39, 0.29) is 18.0 Å². The van der Waals surface area contributed by atoms with Gasteiger partial charge in [-0.05, 0) is 37.0 Å². The fraction of sp³-hybridized carbons (Fsp3) is 0.350. The highest BCUT2D eigenvalue weighted by atomic mass is 16.2. The van der Waals surface area contributed by atoms with Gasteiger partial charge >= 0.3 is 0 Å². The van der Waals surface area contributed by atoms with Gasteiger partial charge in [0.1, 0.15) is 0 Å². The number of para-hydroxylation sites is 1. The molecular formula is C20H26N2O. The van der Waals surface area contributed by atoms with Gasteiger partial charge in [0, 0.05) is 11.7 Å². The number of carbonyl (C=O) groups excluding carboxylic acids is 1. The van der Waals surface area contributed by atoms with Crippen LogP contribution in [0.2, 0.25) is 0 Å². The van der Waals surface area contributed by atoms with Gasteiger partial charge in [-0.1, -0.05) is 62.4 Å². The van der Waals surface area contributed by atoms with Gasteiger partial charge in [-0.2, -0.15) is 0 Å². The maximum Gasteiger partial charge on any atom is 0.241 e. The van der Waals surface area contributed by atoms with E-state index in [2.05, 4.69) is 36.6 Å². The van der Waals surface area contributed by atoms with Gasteiger partial charge in [0.25, 0.3) is 0 Å². The van der Waals surface area contributed by atoms with Crippen LogP contribution in [0.25, 0.3) is 0 Å². The number of anilines is 1. The molecule has 0 aromatic heterocycles. The van der Waals surface area contributed by atoms with Crippen molar-refractivity contribution >= 4 is 11.6 Å². The first kappa shape index (κ1) is 17.2. The monoisotopic (exact) mass is 310 g/mol. The molecule has 2 atom stereocenters. The Morgan fingerprint density at radius 2 is 1.48 bits per heavy atom. The molecule has 0 aliphatic rings. The van der Waals surface area contributed by atoms with Crippen molar-refractivity contribution in [1.82, 2.24) is 5.32 Å². The summed E-state index contributed by atoms with van der Waals surface area (Å²) in [6.07, 6.45) is 0.993. The third-order valence-electron chi connectivity index (χ3n) is 3.79. The smallest absolute Gasteiger partial charge is 0.241 e. The second kappa shape index (κ2) is 8.49. The molecule has 0 saturated carbocycles. The molecule has 2 rings (SSSR count). The zero-order chi connectivity index (χ0) is 16.7. The summed E-state index contributed by atoms with van der Waals surface area (Å²) in [7, 11) is 0. The van der Waals surface area contributed by atoms with Gasteiger partial charge in [-0.3, -0.25) is 10.1 Å². The molecule has 3 heteroatoms. The fourth-order valence-electron chi connectivity index (χ4n) is 2.61. The predicted molar refractivity (Wildman–Crippen MR) is 96.3 cm³/mol. The summed E-state index contributed by atoms with van der Waals surface area (Å²) < 4.78 is 0. The third-order valence-corrected chi connectivity index (χ3v) is 3.79. The average molecular weight is 310 g/mol. The van der Waals surface area contributed by atoms with Crippen LogP contribution >= 0.6 is 0 Å². The van der Waals surface area contributed by atoms with Crippen molar-refractivity contribution in [2.75, 3.05) is 5.32 Å². The summed E-state index contributed by atoms with van der Waals surface area (Å²) >= 11 is 0. The Kier molecular flexibility index (Phi) is 6.36. The van der Waals surface area contributed by atoms with Crippen molar-refractivity contribution < 1.29 is 4.79 Å². The van der Waals surface area contributed by atoms with E-state index in [1.165, 1.54) is 5.56 Å². The molecule has 0 saturated heterocycles. The van der Waals surface area contributed by atoms with Crippen LogP contribution in [-0.2, 0) is 4.79 Å². The summed E-state index contributed by atoms with van der Waals surface area (Å²) in [5.74, 6) is 0.540. The predicted octanol–water partition coefficient (Wildman–Crippen LogP) is 4.39. The van der Waals surface area contributed by atoms with Crippen LogP contribution in [0.5, 0.6) is 0 Å². The van der Waals surface area contributed by atoms with E-state index in [4.69, 9.17) is 0 Å². The van der Waals surface area contributed by atoms with Gasteiger partial charge in [0.05, 0.1) is 6.04 Å². The molecule has 0 fully saturated rings. The highest BCUT2D eigenvalue weighted by Gasteiger charge is 2.20. The quantitative estimate of drug-likeness (QED) is 0.796. The number of rotatable bonds is 7. The van der Waals surface area contributed by atoms with Crippen molar-refractivity contribution in [3.05, 3.63) is 66.2 Å². The van der Waals surface area contributed by atoms with Gasteiger partial charge in [0.2, 0.25) is 5.91 Å². The van der Waals surface area contributed by atoms with Crippen molar-refractivity contribution in [2.45, 2.75) is 39.3 Å².